The minimum Gasteiger partial charge on any atom is -0.481 e. The predicted octanol–water partition coefficient (Wildman–Crippen LogP) is 5.05. The largest absolute Gasteiger partial charge is 0.481 e. The number of hydrogen-bond donors (Lipinski definition) is 1. The summed E-state index contributed by atoms with van der Waals surface area (Å²) in [6, 6.07) is 2.46. The van der Waals surface area contributed by atoms with Crippen LogP contribution in [0.2, 0.25) is 0 Å². The first kappa shape index (κ1) is 21.6. The standard InChI is InChI=1S/C19H26F4N2O2/c1-4-25-19(27-24-3,14-8-6-5-7-9-14)15-11-17(16(20)10-13(15)2)26-12-18(21,22)23/h4,10-11,14,24H,5-9,12H2,1-3H3/b25-4+. The van der Waals surface area contributed by atoms with Gasteiger partial charge in [0.05, 0.1) is 0 Å². The van der Waals surface area contributed by atoms with Crippen molar-refractivity contribution < 1.29 is 27.1 Å². The Labute approximate surface area is 156 Å². The van der Waals surface area contributed by atoms with Crippen LogP contribution in [0.4, 0.5) is 17.6 Å². The number of hydrogen-bond acceptors (Lipinski definition) is 4. The maximum atomic E-state index is 14.2. The molecule has 0 heterocycles. The molecule has 8 heteroatoms. The average Bonchev–Trinajstić information content (AvgIpc) is 2.61. The highest BCUT2D eigenvalue weighted by molar-refractivity contribution is 5.55. The van der Waals surface area contributed by atoms with E-state index in [2.05, 4.69) is 10.5 Å². The number of alkyl halides is 3. The van der Waals surface area contributed by atoms with Crippen LogP contribution < -0.4 is 10.2 Å². The number of ether oxygens (including phenoxy) is 1. The van der Waals surface area contributed by atoms with Crippen LogP contribution >= 0.6 is 0 Å². The molecule has 0 bridgehead atoms. The number of aliphatic imine (C=N–C) groups is 1. The smallest absolute Gasteiger partial charge is 0.422 e. The predicted molar refractivity (Wildman–Crippen MR) is 95.3 cm³/mol. The molecule has 2 rings (SSSR count). The maximum absolute atomic E-state index is 14.2. The Balaban J connectivity index is 2.53. The maximum Gasteiger partial charge on any atom is 0.422 e. The third-order valence-corrected chi connectivity index (χ3v) is 4.79. The summed E-state index contributed by atoms with van der Waals surface area (Å²) in [5, 5.41) is 0. The Morgan fingerprint density at radius 3 is 2.44 bits per heavy atom. The summed E-state index contributed by atoms with van der Waals surface area (Å²) in [4.78, 5) is 10.4. The number of benzene rings is 1. The topological polar surface area (TPSA) is 42.8 Å². The first-order chi connectivity index (χ1) is 12.7. The van der Waals surface area contributed by atoms with Crippen LogP contribution in [-0.4, -0.2) is 26.0 Å². The zero-order valence-corrected chi connectivity index (χ0v) is 15.8. The lowest BCUT2D eigenvalue weighted by Gasteiger charge is -2.40. The van der Waals surface area contributed by atoms with E-state index in [0.717, 1.165) is 32.1 Å². The molecule has 1 saturated carbocycles. The van der Waals surface area contributed by atoms with Crippen molar-refractivity contribution in [1.29, 1.82) is 0 Å². The molecule has 0 radical (unpaired) electrons. The number of rotatable bonds is 7. The van der Waals surface area contributed by atoms with E-state index in [1.807, 2.05) is 0 Å². The summed E-state index contributed by atoms with van der Waals surface area (Å²) in [6.45, 7) is 1.87. The van der Waals surface area contributed by atoms with Crippen molar-refractivity contribution in [2.75, 3.05) is 13.7 Å². The molecule has 27 heavy (non-hydrogen) atoms. The first-order valence-corrected chi connectivity index (χ1v) is 9.08. The fraction of sp³-hybridized carbons (Fsp3) is 0.632. The van der Waals surface area contributed by atoms with Gasteiger partial charge in [0.25, 0.3) is 0 Å². The first-order valence-electron chi connectivity index (χ1n) is 9.08. The van der Waals surface area contributed by atoms with Crippen LogP contribution in [0, 0.1) is 18.7 Å². The summed E-state index contributed by atoms with van der Waals surface area (Å²) < 4.78 is 56.5. The van der Waals surface area contributed by atoms with Gasteiger partial charge in [-0.3, -0.25) is 9.83 Å². The molecule has 1 N–H and O–H groups in total. The lowest BCUT2D eigenvalue weighted by Crippen LogP contribution is -2.41. The lowest BCUT2D eigenvalue weighted by molar-refractivity contribution is -0.154. The van der Waals surface area contributed by atoms with Crippen molar-refractivity contribution in [3.8, 4) is 5.75 Å². The Kier molecular flexibility index (Phi) is 7.22. The van der Waals surface area contributed by atoms with Gasteiger partial charge in [0.15, 0.2) is 18.2 Å². The summed E-state index contributed by atoms with van der Waals surface area (Å²) in [5.74, 6) is -1.29. The molecule has 1 aliphatic carbocycles. The SMILES string of the molecule is C/C=N/C(ONC)(c1cc(OCC(F)(F)F)c(F)cc1C)C1CCCCC1. The molecule has 0 aliphatic heterocycles. The number of aryl methyl sites for hydroxylation is 1. The summed E-state index contributed by atoms with van der Waals surface area (Å²) >= 11 is 0. The Morgan fingerprint density at radius 1 is 1.22 bits per heavy atom. The molecule has 1 unspecified atom stereocenters. The monoisotopic (exact) mass is 390 g/mol. The average molecular weight is 390 g/mol. The van der Waals surface area contributed by atoms with Crippen molar-refractivity contribution in [3.05, 3.63) is 29.1 Å². The van der Waals surface area contributed by atoms with Gasteiger partial charge in [-0.1, -0.05) is 19.3 Å². The van der Waals surface area contributed by atoms with Gasteiger partial charge >= 0.3 is 6.18 Å². The van der Waals surface area contributed by atoms with Gasteiger partial charge in [0.2, 0.25) is 5.72 Å². The normalized spacial score (nSPS) is 18.6. The van der Waals surface area contributed by atoms with E-state index >= 15 is 0 Å². The zero-order valence-electron chi connectivity index (χ0n) is 15.8. The second kappa shape index (κ2) is 9.01. The van der Waals surface area contributed by atoms with E-state index in [9.17, 15) is 17.6 Å². The van der Waals surface area contributed by atoms with Gasteiger partial charge in [-0.15, -0.1) is 0 Å². The highest BCUT2D eigenvalue weighted by Crippen LogP contribution is 2.45. The summed E-state index contributed by atoms with van der Waals surface area (Å²) in [7, 11) is 1.60. The van der Waals surface area contributed by atoms with Crippen molar-refractivity contribution in [1.82, 2.24) is 5.48 Å². The second-order valence-corrected chi connectivity index (χ2v) is 6.73. The number of halogens is 4. The molecule has 1 atom stereocenters. The summed E-state index contributed by atoms with van der Waals surface area (Å²) in [5.41, 5.74) is 2.56. The molecule has 0 amide bonds. The van der Waals surface area contributed by atoms with Crippen LogP contribution in [0.3, 0.4) is 0 Å². The molecular formula is C19H26F4N2O2. The number of hydroxylamine groups is 1. The molecular weight excluding hydrogens is 364 g/mol. The molecule has 1 aliphatic rings. The van der Waals surface area contributed by atoms with Gasteiger partial charge in [-0.05, 0) is 50.6 Å². The second-order valence-electron chi connectivity index (χ2n) is 6.73. The van der Waals surface area contributed by atoms with E-state index in [1.165, 1.54) is 12.1 Å². The van der Waals surface area contributed by atoms with Crippen LogP contribution in [0.15, 0.2) is 17.1 Å². The van der Waals surface area contributed by atoms with Gasteiger partial charge in [-0.25, -0.2) is 9.87 Å². The van der Waals surface area contributed by atoms with Crippen molar-refractivity contribution in [3.63, 3.8) is 0 Å². The molecule has 0 spiro atoms. The number of nitrogens with one attached hydrogen (secondary N) is 1. The molecule has 1 aromatic carbocycles. The van der Waals surface area contributed by atoms with Crippen LogP contribution in [-0.2, 0) is 10.6 Å². The van der Waals surface area contributed by atoms with Crippen molar-refractivity contribution in [2.45, 2.75) is 57.9 Å². The minimum absolute atomic E-state index is 0.00882. The van der Waals surface area contributed by atoms with Crippen LogP contribution in [0.1, 0.15) is 50.2 Å². The van der Waals surface area contributed by atoms with Crippen molar-refractivity contribution >= 4 is 6.21 Å². The molecule has 1 fully saturated rings. The van der Waals surface area contributed by atoms with E-state index in [0.29, 0.717) is 11.1 Å². The lowest BCUT2D eigenvalue weighted by atomic mass is 9.77. The van der Waals surface area contributed by atoms with Crippen molar-refractivity contribution in [2.24, 2.45) is 10.9 Å². The zero-order chi connectivity index (χ0) is 20.1. The van der Waals surface area contributed by atoms with Crippen LogP contribution in [0.25, 0.3) is 0 Å². The third-order valence-electron chi connectivity index (χ3n) is 4.79. The van der Waals surface area contributed by atoms with E-state index in [4.69, 9.17) is 9.57 Å². The third kappa shape index (κ3) is 5.19. The van der Waals surface area contributed by atoms with E-state index < -0.39 is 30.1 Å². The fourth-order valence-corrected chi connectivity index (χ4v) is 3.71. The summed E-state index contributed by atoms with van der Waals surface area (Å²) in [6.07, 6.45) is 1.90. The van der Waals surface area contributed by atoms with E-state index in [-0.39, 0.29) is 5.92 Å². The van der Waals surface area contributed by atoms with Crippen LogP contribution in [0.5, 0.6) is 5.75 Å². The Bertz CT molecular complexity index is 658. The van der Waals surface area contributed by atoms with Gasteiger partial charge in [0.1, 0.15) is 0 Å². The number of nitrogens with zero attached hydrogens (tertiary/aromatic N) is 1. The molecule has 4 nitrogen and oxygen atoms in total. The molecule has 0 saturated heterocycles. The Morgan fingerprint density at radius 2 is 1.89 bits per heavy atom. The molecule has 1 aromatic rings. The molecule has 152 valence electrons. The molecule has 0 aromatic heterocycles. The van der Waals surface area contributed by atoms with Gasteiger partial charge in [0, 0.05) is 18.5 Å². The van der Waals surface area contributed by atoms with Gasteiger partial charge < -0.3 is 4.74 Å². The van der Waals surface area contributed by atoms with E-state index in [1.54, 1.807) is 27.1 Å². The quantitative estimate of drug-likeness (QED) is 0.402. The highest BCUT2D eigenvalue weighted by Gasteiger charge is 2.43. The van der Waals surface area contributed by atoms with Gasteiger partial charge in [-0.2, -0.15) is 13.2 Å². The minimum atomic E-state index is -4.55. The Hall–Kier alpha value is -1.67. The fourth-order valence-electron chi connectivity index (χ4n) is 3.71. The highest BCUT2D eigenvalue weighted by atomic mass is 19.4.